The Morgan fingerprint density at radius 3 is 2.92 bits per heavy atom. The molecule has 3 nitrogen and oxygen atoms in total. The molecule has 0 saturated carbocycles. The number of rotatable bonds is 3. The van der Waals surface area contributed by atoms with Crippen LogP contribution in [-0.4, -0.2) is 36.1 Å². The Morgan fingerprint density at radius 2 is 2.38 bits per heavy atom. The molecular weight excluding hydrogens is 188 g/mol. The topological polar surface area (TPSA) is 38.7 Å². The standard InChI is InChI=1S/C9H16O3S/c1-6-3-7(4-9(13)11-2)8(5-10)12-6/h6-8,10H,3-5H2,1-2H3/t6?,7-,8+/m0/s1. The zero-order valence-electron chi connectivity index (χ0n) is 8.03. The lowest BCUT2D eigenvalue weighted by atomic mass is 9.97. The van der Waals surface area contributed by atoms with Gasteiger partial charge in [0.25, 0.3) is 0 Å². The monoisotopic (exact) mass is 204 g/mol. The van der Waals surface area contributed by atoms with Crippen LogP contribution in [0.15, 0.2) is 0 Å². The first-order chi connectivity index (χ1) is 6.17. The molecule has 0 aromatic carbocycles. The highest BCUT2D eigenvalue weighted by atomic mass is 32.1. The van der Waals surface area contributed by atoms with Crippen LogP contribution >= 0.6 is 12.2 Å². The summed E-state index contributed by atoms with van der Waals surface area (Å²) in [5.41, 5.74) is 0. The Bertz CT molecular complexity index is 184. The van der Waals surface area contributed by atoms with Crippen LogP contribution in [0.1, 0.15) is 19.8 Å². The fourth-order valence-electron chi connectivity index (χ4n) is 1.75. The van der Waals surface area contributed by atoms with Gasteiger partial charge in [-0.1, -0.05) is 0 Å². The molecule has 0 aliphatic carbocycles. The van der Waals surface area contributed by atoms with Crippen molar-refractivity contribution in [3.05, 3.63) is 0 Å². The molecule has 1 fully saturated rings. The largest absolute Gasteiger partial charge is 0.490 e. The van der Waals surface area contributed by atoms with Crippen LogP contribution < -0.4 is 0 Å². The first kappa shape index (κ1) is 10.9. The van der Waals surface area contributed by atoms with E-state index in [4.69, 9.17) is 26.8 Å². The maximum atomic E-state index is 9.03. The molecule has 1 unspecified atom stereocenters. The molecule has 1 aliphatic heterocycles. The molecule has 4 heteroatoms. The van der Waals surface area contributed by atoms with Gasteiger partial charge in [-0.25, -0.2) is 0 Å². The minimum absolute atomic E-state index is 0.0666. The minimum Gasteiger partial charge on any atom is -0.490 e. The molecule has 0 aromatic rings. The maximum Gasteiger partial charge on any atom is 0.159 e. The Hall–Kier alpha value is -0.190. The van der Waals surface area contributed by atoms with E-state index in [1.165, 1.54) is 0 Å². The third-order valence-corrected chi connectivity index (χ3v) is 2.74. The Kier molecular flexibility index (Phi) is 4.09. The van der Waals surface area contributed by atoms with E-state index in [0.29, 0.717) is 17.4 Å². The average molecular weight is 204 g/mol. The number of hydrogen-bond acceptors (Lipinski definition) is 4. The predicted molar refractivity (Wildman–Crippen MR) is 53.8 cm³/mol. The van der Waals surface area contributed by atoms with E-state index in [1.54, 1.807) is 7.11 Å². The molecule has 13 heavy (non-hydrogen) atoms. The van der Waals surface area contributed by atoms with Crippen LogP contribution in [-0.2, 0) is 9.47 Å². The molecule has 0 radical (unpaired) electrons. The summed E-state index contributed by atoms with van der Waals surface area (Å²) in [6.07, 6.45) is 1.82. The third kappa shape index (κ3) is 2.90. The third-order valence-electron chi connectivity index (χ3n) is 2.40. The van der Waals surface area contributed by atoms with Gasteiger partial charge in [-0.3, -0.25) is 0 Å². The van der Waals surface area contributed by atoms with E-state index < -0.39 is 0 Å². The van der Waals surface area contributed by atoms with Crippen molar-refractivity contribution in [2.45, 2.75) is 32.0 Å². The SMILES string of the molecule is COC(=S)C[C@@H]1CC(C)O[C@@H]1CO. The second-order valence-corrected chi connectivity index (χ2v) is 3.90. The molecule has 1 heterocycles. The van der Waals surface area contributed by atoms with Gasteiger partial charge in [0.05, 0.1) is 25.9 Å². The molecule has 0 amide bonds. The van der Waals surface area contributed by atoms with E-state index in [9.17, 15) is 0 Å². The number of thiocarbonyl (C=S) groups is 1. The number of methoxy groups -OCH3 is 1. The lowest BCUT2D eigenvalue weighted by Crippen LogP contribution is -2.22. The molecular formula is C9H16O3S. The lowest BCUT2D eigenvalue weighted by Gasteiger charge is -2.15. The van der Waals surface area contributed by atoms with Crippen molar-refractivity contribution in [3.8, 4) is 0 Å². The van der Waals surface area contributed by atoms with E-state index in [0.717, 1.165) is 6.42 Å². The lowest BCUT2D eigenvalue weighted by molar-refractivity contribution is 0.00712. The minimum atomic E-state index is -0.0666. The fourth-order valence-corrected chi connectivity index (χ4v) is 1.96. The van der Waals surface area contributed by atoms with Gasteiger partial charge in [0.1, 0.15) is 0 Å². The first-order valence-corrected chi connectivity index (χ1v) is 4.91. The molecule has 0 bridgehead atoms. The van der Waals surface area contributed by atoms with Crippen LogP contribution in [0.25, 0.3) is 0 Å². The van der Waals surface area contributed by atoms with Crippen LogP contribution in [0, 0.1) is 5.92 Å². The molecule has 3 atom stereocenters. The highest BCUT2D eigenvalue weighted by Crippen LogP contribution is 2.29. The van der Waals surface area contributed by atoms with Gasteiger partial charge < -0.3 is 14.6 Å². The van der Waals surface area contributed by atoms with Crippen molar-refractivity contribution >= 4 is 17.3 Å². The Balaban J connectivity index is 2.43. The summed E-state index contributed by atoms with van der Waals surface area (Å²) in [6.45, 7) is 2.08. The van der Waals surface area contributed by atoms with Crippen LogP contribution in [0.5, 0.6) is 0 Å². The summed E-state index contributed by atoms with van der Waals surface area (Å²) in [6, 6.07) is 0. The number of hydrogen-bond donors (Lipinski definition) is 1. The molecule has 76 valence electrons. The highest BCUT2D eigenvalue weighted by molar-refractivity contribution is 7.80. The van der Waals surface area contributed by atoms with Crippen molar-refractivity contribution < 1.29 is 14.6 Å². The van der Waals surface area contributed by atoms with Crippen LogP contribution in [0.2, 0.25) is 0 Å². The Morgan fingerprint density at radius 1 is 1.69 bits per heavy atom. The zero-order chi connectivity index (χ0) is 9.84. The number of ether oxygens (including phenoxy) is 2. The predicted octanol–water partition coefficient (Wildman–Crippen LogP) is 1.14. The highest BCUT2D eigenvalue weighted by Gasteiger charge is 2.32. The Labute approximate surface area is 84.0 Å². The van der Waals surface area contributed by atoms with Crippen molar-refractivity contribution in [1.29, 1.82) is 0 Å². The summed E-state index contributed by atoms with van der Waals surface area (Å²) < 4.78 is 10.4. The molecule has 1 saturated heterocycles. The van der Waals surface area contributed by atoms with Crippen molar-refractivity contribution in [1.82, 2.24) is 0 Å². The van der Waals surface area contributed by atoms with Crippen LogP contribution in [0.4, 0.5) is 0 Å². The second kappa shape index (κ2) is 4.88. The zero-order valence-corrected chi connectivity index (χ0v) is 8.84. The van der Waals surface area contributed by atoms with E-state index >= 15 is 0 Å². The van der Waals surface area contributed by atoms with Crippen molar-refractivity contribution in [3.63, 3.8) is 0 Å². The fraction of sp³-hybridized carbons (Fsp3) is 0.889. The van der Waals surface area contributed by atoms with Gasteiger partial charge in [0.15, 0.2) is 5.05 Å². The van der Waals surface area contributed by atoms with Gasteiger partial charge in [0.2, 0.25) is 0 Å². The summed E-state index contributed by atoms with van der Waals surface area (Å²) in [7, 11) is 1.58. The molecule has 0 aromatic heterocycles. The summed E-state index contributed by atoms with van der Waals surface area (Å²) in [5, 5.41) is 9.63. The average Bonchev–Trinajstić information content (AvgIpc) is 2.46. The van der Waals surface area contributed by atoms with Gasteiger partial charge in [-0.15, -0.1) is 0 Å². The summed E-state index contributed by atoms with van der Waals surface area (Å²) in [5.74, 6) is 0.312. The maximum absolute atomic E-state index is 9.03. The van der Waals surface area contributed by atoms with E-state index in [1.807, 2.05) is 6.92 Å². The van der Waals surface area contributed by atoms with Gasteiger partial charge in [0, 0.05) is 6.42 Å². The molecule has 0 spiro atoms. The number of aliphatic hydroxyl groups excluding tert-OH is 1. The van der Waals surface area contributed by atoms with Gasteiger partial charge >= 0.3 is 0 Å². The molecule has 1 aliphatic rings. The van der Waals surface area contributed by atoms with E-state index in [2.05, 4.69) is 0 Å². The van der Waals surface area contributed by atoms with Gasteiger partial charge in [-0.2, -0.15) is 0 Å². The van der Waals surface area contributed by atoms with Crippen molar-refractivity contribution in [2.24, 2.45) is 5.92 Å². The second-order valence-electron chi connectivity index (χ2n) is 3.44. The van der Waals surface area contributed by atoms with E-state index in [-0.39, 0.29) is 18.8 Å². The quantitative estimate of drug-likeness (QED) is 0.700. The summed E-state index contributed by atoms with van der Waals surface area (Å²) in [4.78, 5) is 0. The van der Waals surface area contributed by atoms with Crippen LogP contribution in [0.3, 0.4) is 0 Å². The van der Waals surface area contributed by atoms with Crippen molar-refractivity contribution in [2.75, 3.05) is 13.7 Å². The summed E-state index contributed by atoms with van der Waals surface area (Å²) >= 11 is 4.97. The smallest absolute Gasteiger partial charge is 0.159 e. The normalized spacial score (nSPS) is 33.3. The van der Waals surface area contributed by atoms with Gasteiger partial charge in [-0.05, 0) is 31.5 Å². The molecule has 1 N–H and O–H groups in total. The molecule has 1 rings (SSSR count). The first-order valence-electron chi connectivity index (χ1n) is 4.50. The number of aliphatic hydroxyl groups is 1.